The van der Waals surface area contributed by atoms with Crippen LogP contribution < -0.4 is 10.1 Å². The van der Waals surface area contributed by atoms with Crippen molar-refractivity contribution in [2.45, 2.75) is 19.9 Å². The molecule has 0 spiro atoms. The van der Waals surface area contributed by atoms with Gasteiger partial charge in [0.25, 0.3) is 0 Å². The Morgan fingerprint density at radius 2 is 2.32 bits per heavy atom. The molecule has 4 nitrogen and oxygen atoms in total. The highest BCUT2D eigenvalue weighted by Gasteiger charge is 2.09. The van der Waals surface area contributed by atoms with Gasteiger partial charge in [-0.2, -0.15) is 4.98 Å². The van der Waals surface area contributed by atoms with E-state index < -0.39 is 0 Å². The molecule has 0 radical (unpaired) electrons. The molecule has 0 bridgehead atoms. The smallest absolute Gasteiger partial charge is 0.399 e. The number of ether oxygens (including phenoxy) is 1. The Balaban J connectivity index is 1.99. The molecule has 0 saturated carbocycles. The molecule has 0 aliphatic heterocycles. The second-order valence-corrected chi connectivity index (χ2v) is 5.28. The number of hydrogen-bond acceptors (Lipinski definition) is 4. The van der Waals surface area contributed by atoms with Crippen LogP contribution in [-0.2, 0) is 6.54 Å². The molecule has 0 atom stereocenters. The fourth-order valence-corrected chi connectivity index (χ4v) is 2.17. The molecular weight excluding hydrogens is 332 g/mol. The average molecular weight is 346 g/mol. The fraction of sp³-hybridized carbons (Fsp3) is 0.308. The van der Waals surface area contributed by atoms with Gasteiger partial charge in [0.2, 0.25) is 0 Å². The predicted octanol–water partition coefficient (Wildman–Crippen LogP) is 4.38. The Labute approximate surface area is 125 Å². The van der Waals surface area contributed by atoms with Crippen LogP contribution in [0.5, 0.6) is 11.8 Å². The summed E-state index contributed by atoms with van der Waals surface area (Å²) in [5, 5.41) is 3.74. The number of halogens is 2. The van der Waals surface area contributed by atoms with Crippen LogP contribution in [0.15, 0.2) is 33.4 Å². The second-order valence-electron chi connectivity index (χ2n) is 3.96. The molecule has 0 saturated heterocycles. The van der Waals surface area contributed by atoms with Crippen molar-refractivity contribution >= 4 is 27.5 Å². The lowest BCUT2D eigenvalue weighted by molar-refractivity contribution is 0.331. The van der Waals surface area contributed by atoms with Crippen molar-refractivity contribution in [1.29, 1.82) is 0 Å². The van der Waals surface area contributed by atoms with Gasteiger partial charge in [-0.25, -0.2) is 0 Å². The van der Waals surface area contributed by atoms with Crippen molar-refractivity contribution in [3.63, 3.8) is 0 Å². The monoisotopic (exact) mass is 344 g/mol. The number of nitrogens with one attached hydrogen (secondary N) is 1. The van der Waals surface area contributed by atoms with E-state index in [0.717, 1.165) is 23.1 Å². The van der Waals surface area contributed by atoms with Gasteiger partial charge >= 0.3 is 6.08 Å². The molecular formula is C13H14BrClN2O2. The lowest BCUT2D eigenvalue weighted by atomic mass is 10.3. The summed E-state index contributed by atoms with van der Waals surface area (Å²) < 4.78 is 11.6. The van der Waals surface area contributed by atoms with E-state index in [1.54, 1.807) is 18.4 Å². The molecule has 1 aromatic heterocycles. The molecule has 1 heterocycles. The summed E-state index contributed by atoms with van der Waals surface area (Å²) in [4.78, 5) is 4.22. The molecule has 1 N–H and O–H groups in total. The Hall–Kier alpha value is -1.04. The number of rotatable bonds is 6. The zero-order valence-electron chi connectivity index (χ0n) is 10.5. The molecule has 1 aromatic carbocycles. The van der Waals surface area contributed by atoms with E-state index in [2.05, 4.69) is 33.2 Å². The van der Waals surface area contributed by atoms with Crippen LogP contribution in [0, 0.1) is 0 Å². The molecule has 0 aliphatic carbocycles. The van der Waals surface area contributed by atoms with Gasteiger partial charge in [-0.1, -0.05) is 34.5 Å². The highest BCUT2D eigenvalue weighted by Crippen LogP contribution is 2.31. The maximum absolute atomic E-state index is 6.05. The first-order valence-corrected chi connectivity index (χ1v) is 7.14. The summed E-state index contributed by atoms with van der Waals surface area (Å²) >= 11 is 9.39. The van der Waals surface area contributed by atoms with Crippen molar-refractivity contribution in [2.75, 3.05) is 6.54 Å². The minimum Gasteiger partial charge on any atom is -0.417 e. The lowest BCUT2D eigenvalue weighted by Gasteiger charge is -2.03. The quantitative estimate of drug-likeness (QED) is 0.789. The van der Waals surface area contributed by atoms with E-state index in [-0.39, 0.29) is 6.08 Å². The van der Waals surface area contributed by atoms with E-state index in [0.29, 0.717) is 17.3 Å². The highest BCUT2D eigenvalue weighted by molar-refractivity contribution is 9.10. The summed E-state index contributed by atoms with van der Waals surface area (Å²) in [6, 6.07) is 5.35. The van der Waals surface area contributed by atoms with Crippen LogP contribution in [0.3, 0.4) is 0 Å². The molecule has 0 fully saturated rings. The van der Waals surface area contributed by atoms with Gasteiger partial charge < -0.3 is 14.5 Å². The topological polar surface area (TPSA) is 47.3 Å². The van der Waals surface area contributed by atoms with Crippen molar-refractivity contribution in [1.82, 2.24) is 10.3 Å². The first-order chi connectivity index (χ1) is 9.19. The molecule has 2 aromatic rings. The fourth-order valence-electron chi connectivity index (χ4n) is 1.46. The predicted molar refractivity (Wildman–Crippen MR) is 77.7 cm³/mol. The third-order valence-corrected chi connectivity index (χ3v) is 3.14. The van der Waals surface area contributed by atoms with E-state index in [9.17, 15) is 0 Å². The first kappa shape index (κ1) is 14.4. The summed E-state index contributed by atoms with van der Waals surface area (Å²) in [5.41, 5.74) is 0.802. The largest absolute Gasteiger partial charge is 0.417 e. The standard InChI is InChI=1S/C13H14BrClN2O2/c1-2-5-16-7-10-8-18-13(17-10)19-12-4-3-9(14)6-11(12)15/h3-4,6,8,16H,2,5,7H2,1H3. The minimum atomic E-state index is 0.192. The van der Waals surface area contributed by atoms with E-state index in [1.807, 2.05) is 6.07 Å². The summed E-state index contributed by atoms with van der Waals surface area (Å²) in [6.07, 6.45) is 2.85. The SMILES string of the molecule is CCCNCc1coc(Oc2ccc(Br)cc2Cl)n1. The molecule has 6 heteroatoms. The van der Waals surface area contributed by atoms with Crippen molar-refractivity contribution in [3.05, 3.63) is 39.7 Å². The van der Waals surface area contributed by atoms with E-state index >= 15 is 0 Å². The Kier molecular flexibility index (Phi) is 5.24. The molecule has 2 rings (SSSR count). The summed E-state index contributed by atoms with van der Waals surface area (Å²) in [6.45, 7) is 3.72. The lowest BCUT2D eigenvalue weighted by Crippen LogP contribution is -2.13. The average Bonchev–Trinajstić information content (AvgIpc) is 2.81. The molecule has 0 amide bonds. The Morgan fingerprint density at radius 3 is 3.05 bits per heavy atom. The van der Waals surface area contributed by atoms with E-state index in [1.165, 1.54) is 0 Å². The third kappa shape index (κ3) is 4.23. The molecule has 0 unspecified atom stereocenters. The van der Waals surface area contributed by atoms with Crippen LogP contribution in [0.25, 0.3) is 0 Å². The summed E-state index contributed by atoms with van der Waals surface area (Å²) in [7, 11) is 0. The van der Waals surface area contributed by atoms with Crippen LogP contribution in [0.2, 0.25) is 5.02 Å². The van der Waals surface area contributed by atoms with Gasteiger partial charge in [-0.15, -0.1) is 0 Å². The normalized spacial score (nSPS) is 10.7. The maximum Gasteiger partial charge on any atom is 0.399 e. The van der Waals surface area contributed by atoms with Gasteiger partial charge in [0.15, 0.2) is 5.75 Å². The maximum atomic E-state index is 6.05. The zero-order valence-corrected chi connectivity index (χ0v) is 12.8. The third-order valence-electron chi connectivity index (χ3n) is 2.35. The molecule has 19 heavy (non-hydrogen) atoms. The van der Waals surface area contributed by atoms with Crippen molar-refractivity contribution in [3.8, 4) is 11.8 Å². The summed E-state index contributed by atoms with van der Waals surface area (Å²) in [5.74, 6) is 0.514. The van der Waals surface area contributed by atoms with Gasteiger partial charge in [0.05, 0.1) is 10.7 Å². The first-order valence-electron chi connectivity index (χ1n) is 5.97. The number of benzene rings is 1. The van der Waals surface area contributed by atoms with Crippen LogP contribution >= 0.6 is 27.5 Å². The van der Waals surface area contributed by atoms with Crippen LogP contribution in [-0.4, -0.2) is 11.5 Å². The van der Waals surface area contributed by atoms with Crippen LogP contribution in [0.1, 0.15) is 19.0 Å². The number of nitrogens with zero attached hydrogens (tertiary/aromatic N) is 1. The molecule has 102 valence electrons. The molecule has 0 aliphatic rings. The highest BCUT2D eigenvalue weighted by atomic mass is 79.9. The number of oxazole rings is 1. The van der Waals surface area contributed by atoms with Gasteiger partial charge in [-0.3, -0.25) is 0 Å². The van der Waals surface area contributed by atoms with Gasteiger partial charge in [-0.05, 0) is 31.2 Å². The van der Waals surface area contributed by atoms with Crippen molar-refractivity contribution < 1.29 is 9.15 Å². The van der Waals surface area contributed by atoms with Gasteiger partial charge in [0.1, 0.15) is 6.26 Å². The Morgan fingerprint density at radius 1 is 1.47 bits per heavy atom. The Bertz CT molecular complexity index is 545. The van der Waals surface area contributed by atoms with Gasteiger partial charge in [0, 0.05) is 11.0 Å². The van der Waals surface area contributed by atoms with Crippen molar-refractivity contribution in [2.24, 2.45) is 0 Å². The number of aromatic nitrogens is 1. The minimum absolute atomic E-state index is 0.192. The van der Waals surface area contributed by atoms with Crippen LogP contribution in [0.4, 0.5) is 0 Å². The zero-order chi connectivity index (χ0) is 13.7. The number of hydrogen-bond donors (Lipinski definition) is 1. The van der Waals surface area contributed by atoms with E-state index in [4.69, 9.17) is 20.8 Å². The second kappa shape index (κ2) is 6.93.